The number of esters is 1. The maximum Gasteiger partial charge on any atom is 0.306 e. The maximum atomic E-state index is 11.0. The van der Waals surface area contributed by atoms with Crippen LogP contribution in [-0.2, 0) is 9.53 Å². The zero-order valence-corrected chi connectivity index (χ0v) is 7.99. The Labute approximate surface area is 78.5 Å². The molecule has 0 aliphatic rings. The van der Waals surface area contributed by atoms with E-state index >= 15 is 0 Å². The third-order valence-corrected chi connectivity index (χ3v) is 2.07. The molecule has 1 atom stereocenters. The van der Waals surface area contributed by atoms with Crippen molar-refractivity contribution >= 4 is 5.97 Å². The predicted molar refractivity (Wildman–Crippen MR) is 51.5 cm³/mol. The Kier molecular flexibility index (Phi) is 3.50. The lowest BCUT2D eigenvalue weighted by molar-refractivity contribution is -0.140. The second kappa shape index (κ2) is 4.65. The molecule has 0 amide bonds. The molecule has 70 valence electrons. The van der Waals surface area contributed by atoms with E-state index in [1.54, 1.807) is 0 Å². The molecule has 0 fully saturated rings. The Balaban J connectivity index is 2.59. The average Bonchev–Trinajstić information content (AvgIpc) is 2.19. The minimum absolute atomic E-state index is 0.156. The van der Waals surface area contributed by atoms with Gasteiger partial charge in [-0.3, -0.25) is 4.79 Å². The molecule has 0 spiro atoms. The van der Waals surface area contributed by atoms with Crippen LogP contribution >= 0.6 is 0 Å². The fraction of sp³-hybridized carbons (Fsp3) is 0.364. The molecule has 0 aromatic heterocycles. The van der Waals surface area contributed by atoms with E-state index in [0.717, 1.165) is 0 Å². The van der Waals surface area contributed by atoms with Gasteiger partial charge in [0.25, 0.3) is 0 Å². The molecule has 0 saturated heterocycles. The molecular formula is C11H14O2. The first-order valence-electron chi connectivity index (χ1n) is 4.36. The molecule has 0 radical (unpaired) electrons. The summed E-state index contributed by atoms with van der Waals surface area (Å²) in [5.41, 5.74) is 1.17. The van der Waals surface area contributed by atoms with Crippen molar-refractivity contribution in [2.75, 3.05) is 7.11 Å². The molecule has 0 aliphatic carbocycles. The zero-order valence-electron chi connectivity index (χ0n) is 7.99. The lowest BCUT2D eigenvalue weighted by Gasteiger charge is -2.09. The number of rotatable bonds is 3. The SMILES string of the molecule is COC(=O)C[C@H](C)c1ccccc1. The molecule has 0 heterocycles. The van der Waals surface area contributed by atoms with Gasteiger partial charge in [0.1, 0.15) is 0 Å². The zero-order chi connectivity index (χ0) is 9.68. The molecule has 13 heavy (non-hydrogen) atoms. The second-order valence-corrected chi connectivity index (χ2v) is 3.09. The van der Waals surface area contributed by atoms with Gasteiger partial charge in [0, 0.05) is 0 Å². The van der Waals surface area contributed by atoms with Crippen LogP contribution in [0.3, 0.4) is 0 Å². The Morgan fingerprint density at radius 3 is 2.54 bits per heavy atom. The normalized spacial score (nSPS) is 12.2. The smallest absolute Gasteiger partial charge is 0.306 e. The minimum Gasteiger partial charge on any atom is -0.469 e. The summed E-state index contributed by atoms with van der Waals surface area (Å²) >= 11 is 0. The number of benzene rings is 1. The van der Waals surface area contributed by atoms with Gasteiger partial charge in [0.2, 0.25) is 0 Å². The van der Waals surface area contributed by atoms with E-state index < -0.39 is 0 Å². The van der Waals surface area contributed by atoms with Crippen molar-refractivity contribution in [2.24, 2.45) is 0 Å². The number of carbonyl (C=O) groups excluding carboxylic acids is 1. The van der Waals surface area contributed by atoms with Crippen molar-refractivity contribution in [2.45, 2.75) is 19.3 Å². The summed E-state index contributed by atoms with van der Waals surface area (Å²) in [4.78, 5) is 11.0. The van der Waals surface area contributed by atoms with Gasteiger partial charge in [-0.05, 0) is 11.5 Å². The van der Waals surface area contributed by atoms with E-state index in [1.807, 2.05) is 37.3 Å². The Hall–Kier alpha value is -1.31. The summed E-state index contributed by atoms with van der Waals surface area (Å²) in [5.74, 6) is 0.0741. The molecule has 1 aromatic carbocycles. The molecule has 1 aromatic rings. The van der Waals surface area contributed by atoms with Gasteiger partial charge in [-0.2, -0.15) is 0 Å². The van der Waals surface area contributed by atoms with E-state index in [9.17, 15) is 4.79 Å². The van der Waals surface area contributed by atoms with Gasteiger partial charge >= 0.3 is 5.97 Å². The van der Waals surface area contributed by atoms with Crippen molar-refractivity contribution in [3.63, 3.8) is 0 Å². The monoisotopic (exact) mass is 178 g/mol. The molecule has 0 unspecified atom stereocenters. The van der Waals surface area contributed by atoms with Crippen LogP contribution in [-0.4, -0.2) is 13.1 Å². The standard InChI is InChI=1S/C11H14O2/c1-9(8-11(12)13-2)10-6-4-3-5-7-10/h3-7,9H,8H2,1-2H3/t9-/m0/s1. The van der Waals surface area contributed by atoms with Crippen molar-refractivity contribution in [1.29, 1.82) is 0 Å². The molecule has 0 N–H and O–H groups in total. The van der Waals surface area contributed by atoms with Gasteiger partial charge in [-0.15, -0.1) is 0 Å². The third-order valence-electron chi connectivity index (χ3n) is 2.07. The molecule has 1 rings (SSSR count). The molecule has 0 bridgehead atoms. The Morgan fingerprint density at radius 2 is 2.00 bits per heavy atom. The highest BCUT2D eigenvalue weighted by Gasteiger charge is 2.10. The van der Waals surface area contributed by atoms with Crippen LogP contribution < -0.4 is 0 Å². The number of carbonyl (C=O) groups is 1. The summed E-state index contributed by atoms with van der Waals surface area (Å²) in [6.45, 7) is 2.02. The van der Waals surface area contributed by atoms with Crippen LogP contribution in [0.25, 0.3) is 0 Å². The van der Waals surface area contributed by atoms with Crippen LogP contribution in [0.15, 0.2) is 30.3 Å². The van der Waals surface area contributed by atoms with Crippen LogP contribution in [0.1, 0.15) is 24.8 Å². The molecule has 0 saturated carbocycles. The van der Waals surface area contributed by atoms with E-state index in [2.05, 4.69) is 4.74 Å². The first kappa shape index (κ1) is 9.78. The maximum absolute atomic E-state index is 11.0. The average molecular weight is 178 g/mol. The Morgan fingerprint density at radius 1 is 1.38 bits per heavy atom. The highest BCUT2D eigenvalue weighted by molar-refractivity contribution is 5.70. The highest BCUT2D eigenvalue weighted by atomic mass is 16.5. The lowest BCUT2D eigenvalue weighted by atomic mass is 9.98. The van der Waals surface area contributed by atoms with E-state index in [1.165, 1.54) is 12.7 Å². The van der Waals surface area contributed by atoms with Crippen LogP contribution in [0.5, 0.6) is 0 Å². The van der Waals surface area contributed by atoms with Crippen molar-refractivity contribution < 1.29 is 9.53 Å². The third kappa shape index (κ3) is 2.90. The van der Waals surface area contributed by atoms with E-state index in [4.69, 9.17) is 0 Å². The summed E-state index contributed by atoms with van der Waals surface area (Å²) in [5, 5.41) is 0. The number of methoxy groups -OCH3 is 1. The van der Waals surface area contributed by atoms with Crippen molar-refractivity contribution in [3.8, 4) is 0 Å². The van der Waals surface area contributed by atoms with Gasteiger partial charge < -0.3 is 4.74 Å². The van der Waals surface area contributed by atoms with Gasteiger partial charge in [0.15, 0.2) is 0 Å². The van der Waals surface area contributed by atoms with Gasteiger partial charge in [0.05, 0.1) is 13.5 Å². The first-order chi connectivity index (χ1) is 6.24. The molecule has 2 nitrogen and oxygen atoms in total. The second-order valence-electron chi connectivity index (χ2n) is 3.09. The Bertz CT molecular complexity index is 267. The minimum atomic E-state index is -0.156. The highest BCUT2D eigenvalue weighted by Crippen LogP contribution is 2.18. The van der Waals surface area contributed by atoms with E-state index in [0.29, 0.717) is 6.42 Å². The predicted octanol–water partition coefficient (Wildman–Crippen LogP) is 2.35. The van der Waals surface area contributed by atoms with Crippen molar-refractivity contribution in [3.05, 3.63) is 35.9 Å². The first-order valence-corrected chi connectivity index (χ1v) is 4.36. The molecule has 0 aliphatic heterocycles. The summed E-state index contributed by atoms with van der Waals surface area (Å²) in [6, 6.07) is 9.96. The van der Waals surface area contributed by atoms with Gasteiger partial charge in [-0.25, -0.2) is 0 Å². The molecular weight excluding hydrogens is 164 g/mol. The van der Waals surface area contributed by atoms with Gasteiger partial charge in [-0.1, -0.05) is 37.3 Å². The number of ether oxygens (including phenoxy) is 1. The fourth-order valence-electron chi connectivity index (χ4n) is 1.23. The lowest BCUT2D eigenvalue weighted by Crippen LogP contribution is -2.05. The van der Waals surface area contributed by atoms with Crippen molar-refractivity contribution in [1.82, 2.24) is 0 Å². The molecule has 2 heteroatoms. The largest absolute Gasteiger partial charge is 0.469 e. The quantitative estimate of drug-likeness (QED) is 0.664. The van der Waals surface area contributed by atoms with E-state index in [-0.39, 0.29) is 11.9 Å². The van der Waals surface area contributed by atoms with Crippen LogP contribution in [0, 0.1) is 0 Å². The van der Waals surface area contributed by atoms with Crippen LogP contribution in [0.2, 0.25) is 0 Å². The number of hydrogen-bond donors (Lipinski definition) is 0. The van der Waals surface area contributed by atoms with Crippen LogP contribution in [0.4, 0.5) is 0 Å². The summed E-state index contributed by atoms with van der Waals surface area (Å²) in [6.07, 6.45) is 0.445. The number of hydrogen-bond acceptors (Lipinski definition) is 2. The topological polar surface area (TPSA) is 26.3 Å². The fourth-order valence-corrected chi connectivity index (χ4v) is 1.23. The summed E-state index contributed by atoms with van der Waals surface area (Å²) in [7, 11) is 1.42. The summed E-state index contributed by atoms with van der Waals surface area (Å²) < 4.78 is 4.60.